The van der Waals surface area contributed by atoms with Crippen molar-refractivity contribution in [1.82, 2.24) is 4.98 Å². The quantitative estimate of drug-likeness (QED) is 0.853. The number of nitrogens with zero attached hydrogens (tertiary/aromatic N) is 1. The lowest BCUT2D eigenvalue weighted by molar-refractivity contribution is 1.06. The average molecular weight is 233 g/mol. The maximum Gasteiger partial charge on any atom is 0.187 e. The zero-order valence-electron chi connectivity index (χ0n) is 9.23. The third-order valence-corrected chi connectivity index (χ3v) is 3.13. The minimum absolute atomic E-state index is 0.563. The lowest BCUT2D eigenvalue weighted by atomic mass is 10.2. The molecule has 0 atom stereocenters. The lowest BCUT2D eigenvalue weighted by Crippen LogP contribution is -1.97. The number of aryl methyl sites for hydroxylation is 1. The molecule has 2 rings (SSSR count). The summed E-state index contributed by atoms with van der Waals surface area (Å²) in [5.74, 6) is 0. The van der Waals surface area contributed by atoms with Gasteiger partial charge >= 0.3 is 0 Å². The summed E-state index contributed by atoms with van der Waals surface area (Å²) in [4.78, 5) is 4.46. The number of nitrogens with two attached hydrogens (primary N) is 1. The van der Waals surface area contributed by atoms with Gasteiger partial charge in [0.2, 0.25) is 0 Å². The first kappa shape index (κ1) is 11.1. The number of hydrogen-bond acceptors (Lipinski definition) is 4. The van der Waals surface area contributed by atoms with E-state index in [2.05, 4.69) is 22.6 Å². The lowest BCUT2D eigenvalue weighted by Gasteiger charge is -2.04. The number of rotatable bonds is 4. The average Bonchev–Trinajstić information content (AvgIpc) is 2.77. The second-order valence-corrected chi connectivity index (χ2v) is 4.39. The number of aromatic nitrogens is 1. The number of thiazole rings is 1. The fraction of sp³-hybridized carbons (Fsp3) is 0.250. The van der Waals surface area contributed by atoms with Gasteiger partial charge in [-0.15, -0.1) is 11.3 Å². The summed E-state index contributed by atoms with van der Waals surface area (Å²) in [6, 6.07) is 8.09. The van der Waals surface area contributed by atoms with Crippen LogP contribution in [0.3, 0.4) is 0 Å². The molecular formula is C12H15N3S. The third kappa shape index (κ3) is 2.59. The van der Waals surface area contributed by atoms with Crippen LogP contribution in [0.15, 0.2) is 29.6 Å². The van der Waals surface area contributed by atoms with Crippen LogP contribution in [0.2, 0.25) is 0 Å². The molecule has 0 saturated carbocycles. The standard InChI is InChI=1S/C12H15N3S/c1-2-10-8-16-12(14-10)15-11-5-3-4-9(6-11)7-13/h3-6,8H,2,7,13H2,1H3,(H,14,15). The summed E-state index contributed by atoms with van der Waals surface area (Å²) in [5.41, 5.74) is 8.89. The van der Waals surface area contributed by atoms with Crippen LogP contribution in [-0.4, -0.2) is 4.98 Å². The molecule has 0 radical (unpaired) electrons. The van der Waals surface area contributed by atoms with Crippen LogP contribution in [0, 0.1) is 0 Å². The van der Waals surface area contributed by atoms with Crippen molar-refractivity contribution >= 4 is 22.2 Å². The van der Waals surface area contributed by atoms with E-state index in [1.807, 2.05) is 24.3 Å². The molecule has 0 fully saturated rings. The van der Waals surface area contributed by atoms with Crippen LogP contribution in [0.5, 0.6) is 0 Å². The Bertz CT molecular complexity index is 465. The molecule has 4 heteroatoms. The van der Waals surface area contributed by atoms with E-state index in [4.69, 9.17) is 5.73 Å². The van der Waals surface area contributed by atoms with Crippen molar-refractivity contribution in [2.75, 3.05) is 5.32 Å². The Balaban J connectivity index is 2.13. The molecular weight excluding hydrogens is 218 g/mol. The molecule has 1 aromatic carbocycles. The van der Waals surface area contributed by atoms with Gasteiger partial charge < -0.3 is 11.1 Å². The first-order chi connectivity index (χ1) is 7.81. The molecule has 0 aliphatic heterocycles. The molecule has 3 N–H and O–H groups in total. The van der Waals surface area contributed by atoms with Crippen LogP contribution in [-0.2, 0) is 13.0 Å². The Kier molecular flexibility index (Phi) is 3.54. The van der Waals surface area contributed by atoms with Crippen molar-refractivity contribution in [3.05, 3.63) is 40.9 Å². The van der Waals surface area contributed by atoms with E-state index in [-0.39, 0.29) is 0 Å². The van der Waals surface area contributed by atoms with Crippen LogP contribution in [0.25, 0.3) is 0 Å². The first-order valence-corrected chi connectivity index (χ1v) is 6.20. The SMILES string of the molecule is CCc1csc(Nc2cccc(CN)c2)n1. The van der Waals surface area contributed by atoms with E-state index in [0.29, 0.717) is 6.54 Å². The monoisotopic (exact) mass is 233 g/mol. The highest BCUT2D eigenvalue weighted by molar-refractivity contribution is 7.13. The van der Waals surface area contributed by atoms with Crippen molar-refractivity contribution in [3.63, 3.8) is 0 Å². The zero-order chi connectivity index (χ0) is 11.4. The summed E-state index contributed by atoms with van der Waals surface area (Å²) in [6.07, 6.45) is 0.973. The molecule has 3 nitrogen and oxygen atoms in total. The summed E-state index contributed by atoms with van der Waals surface area (Å²) in [7, 11) is 0. The molecule has 0 unspecified atom stereocenters. The van der Waals surface area contributed by atoms with E-state index in [1.54, 1.807) is 11.3 Å². The van der Waals surface area contributed by atoms with Gasteiger partial charge in [-0.3, -0.25) is 0 Å². The molecule has 0 amide bonds. The summed E-state index contributed by atoms with van der Waals surface area (Å²) in [6.45, 7) is 2.67. The van der Waals surface area contributed by atoms with Crippen molar-refractivity contribution in [1.29, 1.82) is 0 Å². The first-order valence-electron chi connectivity index (χ1n) is 5.32. The molecule has 0 aliphatic carbocycles. The summed E-state index contributed by atoms with van der Waals surface area (Å²) in [5, 5.41) is 6.30. The van der Waals surface area contributed by atoms with E-state index in [9.17, 15) is 0 Å². The Morgan fingerprint density at radius 1 is 1.44 bits per heavy atom. The highest BCUT2D eigenvalue weighted by atomic mass is 32.1. The van der Waals surface area contributed by atoms with Crippen LogP contribution in [0.4, 0.5) is 10.8 Å². The van der Waals surface area contributed by atoms with Crippen molar-refractivity contribution < 1.29 is 0 Å². The highest BCUT2D eigenvalue weighted by Gasteiger charge is 2.01. The molecule has 2 aromatic rings. The smallest absolute Gasteiger partial charge is 0.187 e. The van der Waals surface area contributed by atoms with Gasteiger partial charge in [0.25, 0.3) is 0 Å². The molecule has 0 spiro atoms. The Hall–Kier alpha value is -1.39. The second-order valence-electron chi connectivity index (χ2n) is 3.53. The Labute approximate surface area is 99.3 Å². The predicted molar refractivity (Wildman–Crippen MR) is 69.1 cm³/mol. The highest BCUT2D eigenvalue weighted by Crippen LogP contribution is 2.21. The molecule has 0 bridgehead atoms. The predicted octanol–water partition coefficient (Wildman–Crippen LogP) is 2.91. The normalized spacial score (nSPS) is 10.4. The van der Waals surface area contributed by atoms with E-state index in [0.717, 1.165) is 28.5 Å². The largest absolute Gasteiger partial charge is 0.332 e. The van der Waals surface area contributed by atoms with E-state index < -0.39 is 0 Å². The zero-order valence-corrected chi connectivity index (χ0v) is 10.1. The van der Waals surface area contributed by atoms with Gasteiger partial charge in [-0.25, -0.2) is 4.98 Å². The number of anilines is 2. The van der Waals surface area contributed by atoms with Crippen LogP contribution in [0.1, 0.15) is 18.2 Å². The number of benzene rings is 1. The van der Waals surface area contributed by atoms with Gasteiger partial charge in [-0.1, -0.05) is 19.1 Å². The second kappa shape index (κ2) is 5.09. The van der Waals surface area contributed by atoms with Gasteiger partial charge in [0.1, 0.15) is 0 Å². The Morgan fingerprint density at radius 3 is 3.00 bits per heavy atom. The van der Waals surface area contributed by atoms with Crippen LogP contribution >= 0.6 is 11.3 Å². The van der Waals surface area contributed by atoms with Crippen LogP contribution < -0.4 is 11.1 Å². The number of nitrogens with one attached hydrogen (secondary N) is 1. The fourth-order valence-corrected chi connectivity index (χ4v) is 2.24. The topological polar surface area (TPSA) is 50.9 Å². The van der Waals surface area contributed by atoms with E-state index in [1.165, 1.54) is 0 Å². The molecule has 0 saturated heterocycles. The Morgan fingerprint density at radius 2 is 2.31 bits per heavy atom. The van der Waals surface area contributed by atoms with Crippen molar-refractivity contribution in [3.8, 4) is 0 Å². The van der Waals surface area contributed by atoms with Gasteiger partial charge in [-0.05, 0) is 24.1 Å². The van der Waals surface area contributed by atoms with Gasteiger partial charge in [0.15, 0.2) is 5.13 Å². The third-order valence-electron chi connectivity index (χ3n) is 2.33. The molecule has 16 heavy (non-hydrogen) atoms. The van der Waals surface area contributed by atoms with Gasteiger partial charge in [0.05, 0.1) is 5.69 Å². The maximum absolute atomic E-state index is 5.60. The summed E-state index contributed by atoms with van der Waals surface area (Å²) < 4.78 is 0. The fourth-order valence-electron chi connectivity index (χ4n) is 1.43. The van der Waals surface area contributed by atoms with Gasteiger partial charge in [-0.2, -0.15) is 0 Å². The molecule has 84 valence electrons. The molecule has 1 aromatic heterocycles. The van der Waals surface area contributed by atoms with Crippen molar-refractivity contribution in [2.45, 2.75) is 19.9 Å². The minimum atomic E-state index is 0.563. The summed E-state index contributed by atoms with van der Waals surface area (Å²) >= 11 is 1.63. The maximum atomic E-state index is 5.60. The molecule has 1 heterocycles. The van der Waals surface area contributed by atoms with E-state index >= 15 is 0 Å². The minimum Gasteiger partial charge on any atom is -0.332 e. The number of hydrogen-bond donors (Lipinski definition) is 2. The van der Waals surface area contributed by atoms with Crippen molar-refractivity contribution in [2.24, 2.45) is 5.73 Å². The molecule has 0 aliphatic rings. The van der Waals surface area contributed by atoms with Gasteiger partial charge in [0, 0.05) is 17.6 Å².